The third-order valence-electron chi connectivity index (χ3n) is 4.90. The van der Waals surface area contributed by atoms with Crippen LogP contribution >= 0.6 is 0 Å². The van der Waals surface area contributed by atoms with Crippen LogP contribution in [-0.4, -0.2) is 47.2 Å². The van der Waals surface area contributed by atoms with Crippen LogP contribution in [0.1, 0.15) is 51.4 Å². The highest BCUT2D eigenvalue weighted by atomic mass is 16.3. The van der Waals surface area contributed by atoms with Crippen molar-refractivity contribution in [2.45, 2.75) is 69.6 Å². The van der Waals surface area contributed by atoms with E-state index >= 15 is 0 Å². The van der Waals surface area contributed by atoms with E-state index in [0.717, 1.165) is 64.5 Å². The van der Waals surface area contributed by atoms with Crippen molar-refractivity contribution in [3.8, 4) is 0 Å². The van der Waals surface area contributed by atoms with Crippen LogP contribution < -0.4 is 5.32 Å². The third kappa shape index (κ3) is 3.48. The summed E-state index contributed by atoms with van der Waals surface area (Å²) in [6, 6.07) is 1.16. The van der Waals surface area contributed by atoms with Gasteiger partial charge in [-0.3, -0.25) is 4.79 Å². The highest BCUT2D eigenvalue weighted by Gasteiger charge is 2.35. The van der Waals surface area contributed by atoms with E-state index in [1.807, 2.05) is 0 Å². The maximum atomic E-state index is 12.0. The van der Waals surface area contributed by atoms with Gasteiger partial charge >= 0.3 is 0 Å². The van der Waals surface area contributed by atoms with Gasteiger partial charge in [0, 0.05) is 31.1 Å². The zero-order chi connectivity index (χ0) is 13.2. The maximum absolute atomic E-state index is 12.0. The van der Waals surface area contributed by atoms with E-state index in [1.165, 1.54) is 0 Å². The van der Waals surface area contributed by atoms with Gasteiger partial charge in [0.05, 0.1) is 6.10 Å². The summed E-state index contributed by atoms with van der Waals surface area (Å²) in [5, 5.41) is 13.2. The molecule has 4 heteroatoms. The Morgan fingerprint density at radius 3 is 2.05 bits per heavy atom. The highest BCUT2D eigenvalue weighted by Crippen LogP contribution is 2.32. The molecule has 0 aromatic rings. The first-order chi connectivity index (χ1) is 9.22. The second-order valence-corrected chi connectivity index (χ2v) is 6.55. The van der Waals surface area contributed by atoms with E-state index in [4.69, 9.17) is 0 Å². The number of hydrogen-bond donors (Lipinski definition) is 2. The molecule has 0 unspecified atom stereocenters. The lowest BCUT2D eigenvalue weighted by molar-refractivity contribution is -0.133. The Kier molecular flexibility index (Phi) is 4.08. The van der Waals surface area contributed by atoms with Gasteiger partial charge in [0.1, 0.15) is 0 Å². The number of carbonyl (C=O) groups is 1. The Bertz CT molecular complexity index is 314. The first kappa shape index (κ1) is 13.4. The number of amides is 1. The van der Waals surface area contributed by atoms with Gasteiger partial charge in [-0.2, -0.15) is 0 Å². The first-order valence-electron chi connectivity index (χ1n) is 7.95. The van der Waals surface area contributed by atoms with Crippen molar-refractivity contribution in [1.82, 2.24) is 10.2 Å². The van der Waals surface area contributed by atoms with Crippen molar-refractivity contribution in [3.05, 3.63) is 0 Å². The van der Waals surface area contributed by atoms with E-state index in [9.17, 15) is 9.90 Å². The Balaban J connectivity index is 1.39. The highest BCUT2D eigenvalue weighted by molar-refractivity contribution is 5.81. The molecule has 0 bridgehead atoms. The van der Waals surface area contributed by atoms with Crippen LogP contribution in [0.5, 0.6) is 0 Å². The molecule has 0 aromatic heterocycles. The van der Waals surface area contributed by atoms with Crippen LogP contribution in [0, 0.1) is 5.92 Å². The minimum Gasteiger partial charge on any atom is -0.393 e. The second-order valence-electron chi connectivity index (χ2n) is 6.55. The maximum Gasteiger partial charge on any atom is 0.225 e. The lowest BCUT2D eigenvalue weighted by Gasteiger charge is -2.36. The van der Waals surface area contributed by atoms with Crippen molar-refractivity contribution in [3.63, 3.8) is 0 Å². The number of aliphatic hydroxyl groups excluding tert-OH is 1. The quantitative estimate of drug-likeness (QED) is 0.809. The summed E-state index contributed by atoms with van der Waals surface area (Å²) >= 11 is 0. The Hall–Kier alpha value is -0.610. The molecule has 3 aliphatic rings. The van der Waals surface area contributed by atoms with Crippen molar-refractivity contribution in [2.75, 3.05) is 13.1 Å². The molecule has 1 amide bonds. The average molecular weight is 266 g/mol. The Morgan fingerprint density at radius 1 is 0.895 bits per heavy atom. The summed E-state index contributed by atoms with van der Waals surface area (Å²) in [5.41, 5.74) is 0. The van der Waals surface area contributed by atoms with Gasteiger partial charge in [-0.25, -0.2) is 0 Å². The van der Waals surface area contributed by atoms with Crippen LogP contribution in [0.25, 0.3) is 0 Å². The minimum atomic E-state index is -0.0731. The van der Waals surface area contributed by atoms with Crippen molar-refractivity contribution in [2.24, 2.45) is 5.92 Å². The molecule has 3 fully saturated rings. The average Bonchev–Trinajstić information content (AvgIpc) is 3.26. The SMILES string of the molecule is O=C(C1CC1)N1CCC(NC2CCC(O)CC2)CC1. The van der Waals surface area contributed by atoms with Crippen LogP contribution in [0.3, 0.4) is 0 Å². The molecule has 0 spiro atoms. The molecule has 1 heterocycles. The summed E-state index contributed by atoms with van der Waals surface area (Å²) in [6.07, 6.45) is 8.42. The molecule has 19 heavy (non-hydrogen) atoms. The van der Waals surface area contributed by atoms with E-state index in [2.05, 4.69) is 10.2 Å². The van der Waals surface area contributed by atoms with Crippen LogP contribution in [-0.2, 0) is 4.79 Å². The summed E-state index contributed by atoms with van der Waals surface area (Å²) in [7, 11) is 0. The van der Waals surface area contributed by atoms with E-state index in [-0.39, 0.29) is 6.10 Å². The number of nitrogens with zero attached hydrogens (tertiary/aromatic N) is 1. The van der Waals surface area contributed by atoms with E-state index in [1.54, 1.807) is 0 Å². The molecule has 0 radical (unpaired) electrons. The molecule has 1 aliphatic heterocycles. The predicted octanol–water partition coefficient (Wildman–Crippen LogP) is 1.28. The van der Waals surface area contributed by atoms with E-state index < -0.39 is 0 Å². The number of likely N-dealkylation sites (tertiary alicyclic amines) is 1. The molecular weight excluding hydrogens is 240 g/mol. The number of rotatable bonds is 3. The van der Waals surface area contributed by atoms with Crippen LogP contribution in [0.2, 0.25) is 0 Å². The molecule has 1 saturated heterocycles. The second kappa shape index (κ2) is 5.80. The Labute approximate surface area is 115 Å². The van der Waals surface area contributed by atoms with Gasteiger partial charge in [0.15, 0.2) is 0 Å². The number of carbonyl (C=O) groups excluding carboxylic acids is 1. The number of aliphatic hydroxyl groups is 1. The van der Waals surface area contributed by atoms with Gasteiger partial charge in [-0.05, 0) is 51.4 Å². The largest absolute Gasteiger partial charge is 0.393 e. The number of nitrogens with one attached hydrogen (secondary N) is 1. The summed E-state index contributed by atoms with van der Waals surface area (Å²) in [4.78, 5) is 14.0. The molecule has 2 saturated carbocycles. The van der Waals surface area contributed by atoms with Crippen LogP contribution in [0.4, 0.5) is 0 Å². The lowest BCUT2D eigenvalue weighted by atomic mass is 9.91. The molecule has 4 nitrogen and oxygen atoms in total. The molecule has 2 aliphatic carbocycles. The third-order valence-corrected chi connectivity index (χ3v) is 4.90. The zero-order valence-electron chi connectivity index (χ0n) is 11.7. The molecular formula is C15H26N2O2. The topological polar surface area (TPSA) is 52.6 Å². The molecule has 2 N–H and O–H groups in total. The summed E-state index contributed by atoms with van der Waals surface area (Å²) in [6.45, 7) is 1.87. The minimum absolute atomic E-state index is 0.0731. The monoisotopic (exact) mass is 266 g/mol. The zero-order valence-corrected chi connectivity index (χ0v) is 11.7. The van der Waals surface area contributed by atoms with Gasteiger partial charge in [0.2, 0.25) is 5.91 Å². The fourth-order valence-corrected chi connectivity index (χ4v) is 3.43. The summed E-state index contributed by atoms with van der Waals surface area (Å²) < 4.78 is 0. The Morgan fingerprint density at radius 2 is 1.47 bits per heavy atom. The standard InChI is InChI=1S/C15H26N2O2/c18-14-5-3-12(4-6-14)16-13-7-9-17(10-8-13)15(19)11-1-2-11/h11-14,16,18H,1-10H2. The van der Waals surface area contributed by atoms with Gasteiger partial charge in [-0.1, -0.05) is 0 Å². The van der Waals surface area contributed by atoms with Crippen molar-refractivity contribution >= 4 is 5.91 Å². The predicted molar refractivity (Wildman–Crippen MR) is 73.7 cm³/mol. The molecule has 0 aromatic carbocycles. The van der Waals surface area contributed by atoms with Gasteiger partial charge < -0.3 is 15.3 Å². The smallest absolute Gasteiger partial charge is 0.225 e. The van der Waals surface area contributed by atoms with Crippen LogP contribution in [0.15, 0.2) is 0 Å². The van der Waals surface area contributed by atoms with Gasteiger partial charge in [-0.15, -0.1) is 0 Å². The normalized spacial score (nSPS) is 33.4. The van der Waals surface area contributed by atoms with E-state index in [0.29, 0.717) is 23.9 Å². The molecule has 3 rings (SSSR count). The van der Waals surface area contributed by atoms with Gasteiger partial charge in [0.25, 0.3) is 0 Å². The molecule has 108 valence electrons. The fourth-order valence-electron chi connectivity index (χ4n) is 3.43. The number of hydrogen-bond acceptors (Lipinski definition) is 3. The van der Waals surface area contributed by atoms with Crippen molar-refractivity contribution < 1.29 is 9.90 Å². The lowest BCUT2D eigenvalue weighted by Crippen LogP contribution is -2.49. The van der Waals surface area contributed by atoms with Crippen molar-refractivity contribution in [1.29, 1.82) is 0 Å². The summed E-state index contributed by atoms with van der Waals surface area (Å²) in [5.74, 6) is 0.767. The molecule has 0 atom stereocenters. The fraction of sp³-hybridized carbons (Fsp3) is 0.933. The first-order valence-corrected chi connectivity index (χ1v) is 7.95. The number of piperidine rings is 1.